The Morgan fingerprint density at radius 2 is 1.91 bits per heavy atom. The first-order valence-corrected chi connectivity index (χ1v) is 11.6. The van der Waals surface area contributed by atoms with Gasteiger partial charge in [-0.2, -0.15) is 0 Å². The Hall–Kier alpha value is -3.10. The van der Waals surface area contributed by atoms with Gasteiger partial charge >= 0.3 is 5.97 Å². The first-order chi connectivity index (χ1) is 16.2. The molecule has 1 fully saturated rings. The number of halogens is 1. The Kier molecular flexibility index (Phi) is 7.84. The van der Waals surface area contributed by atoms with Crippen molar-refractivity contribution < 1.29 is 24.2 Å². The molecule has 182 valence electrons. The molecule has 2 heterocycles. The topological polar surface area (TPSA) is 103 Å². The maximum Gasteiger partial charge on any atom is 0.354 e. The highest BCUT2D eigenvalue weighted by Gasteiger charge is 2.46. The molecule has 2 N–H and O–H groups in total. The second kappa shape index (κ2) is 10.4. The van der Waals surface area contributed by atoms with E-state index in [1.807, 2.05) is 13.8 Å². The first kappa shape index (κ1) is 25.5. The predicted octanol–water partition coefficient (Wildman–Crippen LogP) is 3.84. The number of ether oxygens (including phenoxy) is 1. The lowest BCUT2D eigenvalue weighted by molar-refractivity contribution is -0.140. The number of amides is 1. The number of likely N-dealkylation sites (tertiary alicyclic amines) is 1. The molecule has 0 aliphatic carbocycles. The molecule has 0 unspecified atom stereocenters. The van der Waals surface area contributed by atoms with Gasteiger partial charge in [0.05, 0.1) is 18.7 Å². The lowest BCUT2D eigenvalue weighted by atomic mass is 9.94. The van der Waals surface area contributed by atoms with Gasteiger partial charge in [-0.25, -0.2) is 4.79 Å². The molecule has 9 heteroatoms. The fourth-order valence-corrected chi connectivity index (χ4v) is 4.67. The number of hydrogen-bond acceptors (Lipinski definition) is 6. The highest BCUT2D eigenvalue weighted by Crippen LogP contribution is 2.41. The monoisotopic (exact) mass is 487 g/mol. The van der Waals surface area contributed by atoms with Crippen molar-refractivity contribution in [2.75, 3.05) is 33.3 Å². The first-order valence-electron chi connectivity index (χ1n) is 11.2. The van der Waals surface area contributed by atoms with Crippen molar-refractivity contribution in [1.82, 2.24) is 14.8 Å². The molecule has 0 bridgehead atoms. The quantitative estimate of drug-likeness (QED) is 0.254. The number of aliphatic hydroxyl groups is 1. The second-order valence-electron chi connectivity index (χ2n) is 8.19. The van der Waals surface area contributed by atoms with Gasteiger partial charge in [-0.3, -0.25) is 9.59 Å². The molecule has 1 aromatic heterocycles. The highest BCUT2D eigenvalue weighted by atomic mass is 35.5. The number of esters is 1. The number of aromatic nitrogens is 1. The summed E-state index contributed by atoms with van der Waals surface area (Å²) >= 11 is 6.23. The average Bonchev–Trinajstić information content (AvgIpc) is 3.26. The largest absolute Gasteiger partial charge is 0.507 e. The maximum atomic E-state index is 13.2. The summed E-state index contributed by atoms with van der Waals surface area (Å²) in [7, 11) is 1.26. The minimum absolute atomic E-state index is 0.0339. The summed E-state index contributed by atoms with van der Waals surface area (Å²) < 4.78 is 4.81. The van der Waals surface area contributed by atoms with E-state index in [4.69, 9.17) is 16.3 Å². The van der Waals surface area contributed by atoms with Gasteiger partial charge in [0, 0.05) is 29.4 Å². The predicted molar refractivity (Wildman–Crippen MR) is 130 cm³/mol. The molecule has 0 saturated carbocycles. The fraction of sp³-hybridized carbons (Fsp3) is 0.400. The van der Waals surface area contributed by atoms with Gasteiger partial charge in [0.1, 0.15) is 11.5 Å². The highest BCUT2D eigenvalue weighted by molar-refractivity contribution is 6.46. The number of likely N-dealkylation sites (N-methyl/N-ethyl adjacent to an activating group) is 1. The van der Waals surface area contributed by atoms with Crippen LogP contribution in [-0.2, 0) is 14.3 Å². The number of aliphatic hydroxyl groups excluding tert-OH is 1. The third-order valence-electron chi connectivity index (χ3n) is 6.32. The van der Waals surface area contributed by atoms with Crippen molar-refractivity contribution >= 4 is 35.0 Å². The molecule has 2 aromatic rings. The van der Waals surface area contributed by atoms with Gasteiger partial charge in [-0.1, -0.05) is 37.6 Å². The van der Waals surface area contributed by atoms with Gasteiger partial charge in [0.2, 0.25) is 0 Å². The molecule has 8 nitrogen and oxygen atoms in total. The fourth-order valence-electron chi connectivity index (χ4n) is 4.47. The van der Waals surface area contributed by atoms with Crippen LogP contribution in [0, 0.1) is 13.8 Å². The number of aromatic amines is 1. The van der Waals surface area contributed by atoms with Crippen LogP contribution in [0.1, 0.15) is 52.8 Å². The van der Waals surface area contributed by atoms with Crippen molar-refractivity contribution in [3.05, 3.63) is 62.9 Å². The number of rotatable bonds is 8. The number of methoxy groups -OCH3 is 1. The van der Waals surface area contributed by atoms with Crippen LogP contribution in [0.2, 0.25) is 5.02 Å². The summed E-state index contributed by atoms with van der Waals surface area (Å²) in [6.45, 7) is 9.88. The van der Waals surface area contributed by atoms with E-state index in [0.717, 1.165) is 13.1 Å². The average molecular weight is 488 g/mol. The third-order valence-corrected chi connectivity index (χ3v) is 6.55. The molecule has 1 saturated heterocycles. The molecule has 0 radical (unpaired) electrons. The lowest BCUT2D eigenvalue weighted by Crippen LogP contribution is -2.38. The molecule has 1 amide bonds. The molecular formula is C25H30ClN3O5. The van der Waals surface area contributed by atoms with E-state index in [2.05, 4.69) is 9.88 Å². The Bertz CT molecular complexity index is 1150. The number of carbonyl (C=O) groups is 3. The van der Waals surface area contributed by atoms with Crippen LogP contribution in [0.15, 0.2) is 29.8 Å². The zero-order chi connectivity index (χ0) is 25.2. The van der Waals surface area contributed by atoms with Gasteiger partial charge in [0.15, 0.2) is 0 Å². The molecule has 34 heavy (non-hydrogen) atoms. The molecule has 1 atom stereocenters. The normalized spacial score (nSPS) is 17.6. The van der Waals surface area contributed by atoms with Crippen molar-refractivity contribution in [2.24, 2.45) is 0 Å². The molecule has 1 aliphatic heterocycles. The van der Waals surface area contributed by atoms with E-state index >= 15 is 0 Å². The number of nitrogens with one attached hydrogen (secondary N) is 1. The Labute approximate surface area is 204 Å². The van der Waals surface area contributed by atoms with Crippen LogP contribution in [0.25, 0.3) is 5.76 Å². The Morgan fingerprint density at radius 1 is 1.24 bits per heavy atom. The number of nitrogens with zero attached hydrogens (tertiary/aromatic N) is 2. The van der Waals surface area contributed by atoms with E-state index < -0.39 is 23.7 Å². The zero-order valence-corrected chi connectivity index (χ0v) is 20.8. The van der Waals surface area contributed by atoms with E-state index in [-0.39, 0.29) is 17.0 Å². The number of H-pyrrole nitrogens is 1. The van der Waals surface area contributed by atoms with Crippen LogP contribution >= 0.6 is 11.6 Å². The van der Waals surface area contributed by atoms with Crippen LogP contribution < -0.4 is 0 Å². The van der Waals surface area contributed by atoms with E-state index in [1.54, 1.807) is 38.1 Å². The summed E-state index contributed by atoms with van der Waals surface area (Å²) in [6, 6.07) is 6.09. The number of hydrogen-bond donors (Lipinski definition) is 2. The number of ketones is 1. The number of carbonyl (C=O) groups excluding carboxylic acids is 3. The van der Waals surface area contributed by atoms with Crippen molar-refractivity contribution in [3.63, 3.8) is 0 Å². The second-order valence-corrected chi connectivity index (χ2v) is 8.63. The SMILES string of the molecule is CCN(CC)CCN1C(=O)C(=O)/C(=C(/O)c2c(C)[nH]c(C(=O)OC)c2C)[C@@H]1c1cccc(Cl)c1. The van der Waals surface area contributed by atoms with Crippen LogP contribution in [0.4, 0.5) is 0 Å². The number of benzene rings is 1. The van der Waals surface area contributed by atoms with Crippen LogP contribution in [0.5, 0.6) is 0 Å². The summed E-state index contributed by atoms with van der Waals surface area (Å²) in [5, 5.41) is 11.8. The smallest absolute Gasteiger partial charge is 0.354 e. The van der Waals surface area contributed by atoms with Gasteiger partial charge < -0.3 is 24.6 Å². The molecule has 1 aliphatic rings. The Morgan fingerprint density at radius 3 is 2.50 bits per heavy atom. The molecule has 3 rings (SSSR count). The lowest BCUT2D eigenvalue weighted by Gasteiger charge is -2.28. The summed E-state index contributed by atoms with van der Waals surface area (Å²) in [4.78, 5) is 45.1. The van der Waals surface area contributed by atoms with Crippen molar-refractivity contribution in [2.45, 2.75) is 33.7 Å². The Balaban J connectivity index is 2.19. The van der Waals surface area contributed by atoms with E-state index in [1.165, 1.54) is 12.0 Å². The van der Waals surface area contributed by atoms with Crippen molar-refractivity contribution in [1.29, 1.82) is 0 Å². The van der Waals surface area contributed by atoms with E-state index in [9.17, 15) is 19.5 Å². The van der Waals surface area contributed by atoms with Gasteiger partial charge in [-0.15, -0.1) is 0 Å². The standard InChI is InChI=1S/C25H30ClN3O5/c1-6-28(7-2)11-12-29-21(16-9-8-10-17(26)13-16)19(23(31)24(29)32)22(30)18-14(3)20(25(33)34-5)27-15(18)4/h8-10,13,21,27,30H,6-7,11-12H2,1-5H3/b22-19+/t21-/m0/s1. The minimum atomic E-state index is -0.815. The molecular weight excluding hydrogens is 458 g/mol. The van der Waals surface area contributed by atoms with E-state index in [0.29, 0.717) is 40.5 Å². The zero-order valence-electron chi connectivity index (χ0n) is 20.1. The summed E-state index contributed by atoms with van der Waals surface area (Å²) in [6.07, 6.45) is 0. The van der Waals surface area contributed by atoms with Crippen LogP contribution in [-0.4, -0.2) is 70.8 Å². The number of aryl methyl sites for hydroxylation is 1. The summed E-state index contributed by atoms with van der Waals surface area (Å²) in [5.74, 6) is -2.39. The van der Waals surface area contributed by atoms with Gasteiger partial charge in [0.25, 0.3) is 11.7 Å². The van der Waals surface area contributed by atoms with Crippen molar-refractivity contribution in [3.8, 4) is 0 Å². The maximum absolute atomic E-state index is 13.2. The number of Topliss-reactive ketones (excluding diaryl/α,β-unsaturated/α-hetero) is 1. The molecule has 1 aromatic carbocycles. The van der Waals surface area contributed by atoms with Gasteiger partial charge in [-0.05, 0) is 50.2 Å². The minimum Gasteiger partial charge on any atom is -0.507 e. The molecule has 0 spiro atoms. The summed E-state index contributed by atoms with van der Waals surface area (Å²) in [5.41, 5.74) is 1.97. The van der Waals surface area contributed by atoms with Crippen LogP contribution in [0.3, 0.4) is 0 Å². The third kappa shape index (κ3) is 4.60.